The van der Waals surface area contributed by atoms with Gasteiger partial charge in [-0.05, 0) is 89.0 Å². The maximum absolute atomic E-state index is 6.66. The molecule has 0 radical (unpaired) electrons. The van der Waals surface area contributed by atoms with E-state index < -0.39 is 0 Å². The van der Waals surface area contributed by atoms with E-state index >= 15 is 0 Å². The van der Waals surface area contributed by atoms with E-state index in [-0.39, 0.29) is 0 Å². The van der Waals surface area contributed by atoms with Gasteiger partial charge < -0.3 is 8.82 Å². The van der Waals surface area contributed by atoms with Crippen molar-refractivity contribution in [3.05, 3.63) is 170 Å². The van der Waals surface area contributed by atoms with E-state index in [1.54, 1.807) is 11.3 Å². The molecule has 0 aliphatic carbocycles. The number of thiophene rings is 1. The van der Waals surface area contributed by atoms with E-state index in [4.69, 9.17) is 14.4 Å². The summed E-state index contributed by atoms with van der Waals surface area (Å²) < 4.78 is 12.6. The van der Waals surface area contributed by atoms with Gasteiger partial charge in [-0.25, -0.2) is 9.97 Å². The van der Waals surface area contributed by atoms with Crippen molar-refractivity contribution < 1.29 is 4.42 Å². The summed E-state index contributed by atoms with van der Waals surface area (Å²) in [6.45, 7) is 0. The zero-order valence-corrected chi connectivity index (χ0v) is 31.6. The first kappa shape index (κ1) is 30.7. The highest BCUT2D eigenvalue weighted by Crippen LogP contribution is 2.49. The van der Waals surface area contributed by atoms with Crippen LogP contribution in [-0.2, 0) is 0 Å². The van der Waals surface area contributed by atoms with Gasteiger partial charge in [0.1, 0.15) is 16.0 Å². The van der Waals surface area contributed by atoms with Crippen LogP contribution in [0.2, 0.25) is 0 Å². The minimum Gasteiger partial charge on any atom is -0.456 e. The topological polar surface area (TPSA) is 48.3 Å². The summed E-state index contributed by atoms with van der Waals surface area (Å²) in [4.78, 5) is 12.1. The van der Waals surface area contributed by atoms with Crippen molar-refractivity contribution in [3.8, 4) is 39.5 Å². The van der Waals surface area contributed by atoms with Crippen molar-refractivity contribution in [2.75, 3.05) is 0 Å². The maximum atomic E-state index is 6.66. The number of furan rings is 1. The molecule has 0 bridgehead atoms. The molecule has 14 rings (SSSR count). The van der Waals surface area contributed by atoms with Gasteiger partial charge in [0.15, 0.2) is 0 Å². The van der Waals surface area contributed by atoms with Crippen LogP contribution in [0.1, 0.15) is 0 Å². The smallest absolute Gasteiger partial charge is 0.236 e. The van der Waals surface area contributed by atoms with Gasteiger partial charge in [0.25, 0.3) is 0 Å². The van der Waals surface area contributed by atoms with Crippen molar-refractivity contribution in [3.63, 3.8) is 0 Å². The third kappa shape index (κ3) is 3.94. The fourth-order valence-corrected chi connectivity index (χ4v) is 10.9. The summed E-state index contributed by atoms with van der Waals surface area (Å²) in [5, 5.41) is 9.33. The fourth-order valence-electron chi connectivity index (χ4n) is 9.86. The highest BCUT2D eigenvalue weighted by atomic mass is 32.1. The van der Waals surface area contributed by atoms with Gasteiger partial charge in [0.05, 0.1) is 38.7 Å². The van der Waals surface area contributed by atoms with Gasteiger partial charge in [-0.15, -0.1) is 11.3 Å². The van der Waals surface area contributed by atoms with Gasteiger partial charge in [0.2, 0.25) is 5.95 Å². The minimum atomic E-state index is 0.646. The summed E-state index contributed by atoms with van der Waals surface area (Å²) in [5.74, 6) is 0.646. The molecule has 0 aliphatic heterocycles. The molecule has 0 spiro atoms. The monoisotopic (exact) mass is 756 g/mol. The molecular formula is C52H28N4OS. The first-order valence-electron chi connectivity index (χ1n) is 19.6. The fraction of sp³-hybridized carbons (Fsp3) is 0. The molecule has 0 amide bonds. The molecule has 0 fully saturated rings. The second-order valence-electron chi connectivity index (χ2n) is 15.3. The summed E-state index contributed by atoms with van der Waals surface area (Å²) in [7, 11) is 0. The number of nitrogens with zero attached hydrogens (tertiary/aromatic N) is 4. The van der Waals surface area contributed by atoms with Gasteiger partial charge in [-0.1, -0.05) is 103 Å². The number of para-hydroxylation sites is 1. The van der Waals surface area contributed by atoms with E-state index in [1.165, 1.54) is 37.3 Å². The summed E-state index contributed by atoms with van der Waals surface area (Å²) >= 11 is 1.73. The van der Waals surface area contributed by atoms with Crippen LogP contribution in [0.5, 0.6) is 0 Å². The van der Waals surface area contributed by atoms with Crippen molar-refractivity contribution >= 4 is 103 Å². The molecule has 5 nitrogen and oxygen atoms in total. The van der Waals surface area contributed by atoms with Crippen molar-refractivity contribution in [1.29, 1.82) is 0 Å². The average Bonchev–Trinajstić information content (AvgIpc) is 4.01. The Morgan fingerprint density at radius 2 is 1.05 bits per heavy atom. The van der Waals surface area contributed by atoms with Crippen LogP contribution in [0.25, 0.3) is 131 Å². The van der Waals surface area contributed by atoms with Crippen molar-refractivity contribution in [2.45, 2.75) is 0 Å². The van der Waals surface area contributed by atoms with Gasteiger partial charge >= 0.3 is 0 Å². The Hall–Kier alpha value is -7.54. The second-order valence-corrected chi connectivity index (χ2v) is 16.3. The van der Waals surface area contributed by atoms with E-state index in [2.05, 4.69) is 179 Å². The Balaban J connectivity index is 1.14. The third-order valence-electron chi connectivity index (χ3n) is 12.3. The minimum absolute atomic E-state index is 0.646. The molecule has 0 saturated carbocycles. The zero-order valence-electron chi connectivity index (χ0n) is 30.8. The molecular weight excluding hydrogens is 729 g/mol. The molecule has 0 N–H and O–H groups in total. The van der Waals surface area contributed by atoms with Crippen LogP contribution in [0.3, 0.4) is 0 Å². The Bertz CT molecular complexity index is 3910. The standard InChI is InChI=1S/C52H28N4OS/c1-3-12-29(13-4-1)31-26-32(30-14-5-2-6-15-30)28-33(27-31)49-44-36-17-8-10-21-43(36)58-51(44)54-52(53-49)56-39-20-11-19-38-45(39)46-40(56)23-25-41-47(46)48-42(57-41)24-22-35-34-16-7-9-18-37(34)55(38)50(35)48/h1-28H. The molecule has 268 valence electrons. The highest BCUT2D eigenvalue weighted by molar-refractivity contribution is 7.25. The lowest BCUT2D eigenvalue weighted by atomic mass is 9.94. The normalized spacial score (nSPS) is 12.5. The van der Waals surface area contributed by atoms with Crippen LogP contribution in [0.4, 0.5) is 0 Å². The molecule has 0 aliphatic rings. The van der Waals surface area contributed by atoms with E-state index in [0.29, 0.717) is 5.95 Å². The largest absolute Gasteiger partial charge is 0.456 e. The molecule has 14 aromatic rings. The van der Waals surface area contributed by atoms with Gasteiger partial charge in [0, 0.05) is 48.0 Å². The number of aromatic nitrogens is 4. The van der Waals surface area contributed by atoms with Crippen LogP contribution in [0.15, 0.2) is 174 Å². The second kappa shape index (κ2) is 11.1. The van der Waals surface area contributed by atoms with Crippen LogP contribution in [-0.4, -0.2) is 18.9 Å². The molecule has 6 aromatic heterocycles. The van der Waals surface area contributed by atoms with Crippen LogP contribution < -0.4 is 0 Å². The molecule has 8 aromatic carbocycles. The quantitative estimate of drug-likeness (QED) is 0.180. The lowest BCUT2D eigenvalue weighted by Crippen LogP contribution is -2.03. The molecule has 58 heavy (non-hydrogen) atoms. The number of hydrogen-bond donors (Lipinski definition) is 0. The Labute approximate surface area is 333 Å². The van der Waals surface area contributed by atoms with E-state index in [9.17, 15) is 0 Å². The maximum Gasteiger partial charge on any atom is 0.236 e. The van der Waals surface area contributed by atoms with Crippen molar-refractivity contribution in [2.24, 2.45) is 0 Å². The lowest BCUT2D eigenvalue weighted by molar-refractivity contribution is 0.669. The summed E-state index contributed by atoms with van der Waals surface area (Å²) in [5.41, 5.74) is 14.0. The summed E-state index contributed by atoms with van der Waals surface area (Å²) in [6.07, 6.45) is 0. The molecule has 0 unspecified atom stereocenters. The number of hydrogen-bond acceptors (Lipinski definition) is 4. The number of benzene rings is 8. The van der Waals surface area contributed by atoms with Crippen LogP contribution in [0, 0.1) is 0 Å². The van der Waals surface area contributed by atoms with E-state index in [1.807, 2.05) is 0 Å². The first-order valence-corrected chi connectivity index (χ1v) is 20.4. The summed E-state index contributed by atoms with van der Waals surface area (Å²) in [6, 6.07) is 60.9. The average molecular weight is 757 g/mol. The Morgan fingerprint density at radius 3 is 1.86 bits per heavy atom. The number of fused-ring (bicyclic) bond motifs is 7. The van der Waals surface area contributed by atoms with Crippen molar-refractivity contribution in [1.82, 2.24) is 18.9 Å². The Morgan fingerprint density at radius 1 is 0.414 bits per heavy atom. The van der Waals surface area contributed by atoms with E-state index in [0.717, 1.165) is 87.6 Å². The molecule has 0 atom stereocenters. The third-order valence-corrected chi connectivity index (χ3v) is 13.3. The molecule has 6 heterocycles. The predicted octanol–water partition coefficient (Wildman–Crippen LogP) is 14.3. The van der Waals surface area contributed by atoms with Gasteiger partial charge in [-0.3, -0.25) is 4.57 Å². The lowest BCUT2D eigenvalue weighted by Gasteiger charge is -2.14. The predicted molar refractivity (Wildman–Crippen MR) is 241 cm³/mol. The molecule has 0 saturated heterocycles. The first-order chi connectivity index (χ1) is 28.8. The Kier molecular flexibility index (Phi) is 5.85. The number of rotatable bonds is 4. The molecule has 6 heteroatoms. The zero-order chi connectivity index (χ0) is 37.6. The highest BCUT2D eigenvalue weighted by Gasteiger charge is 2.28. The van der Waals surface area contributed by atoms with Crippen LogP contribution >= 0.6 is 11.3 Å². The van der Waals surface area contributed by atoms with Gasteiger partial charge in [-0.2, -0.15) is 0 Å². The SMILES string of the molecule is c1ccc(-c2cc(-c3ccccc3)cc(-c3nc(-n4c5ccc6oc7ccc8c9ccccc9n9c%10cccc4c%10c5c6c7c89)nc4sc5ccccc5c34)c2)cc1.